The Labute approximate surface area is 160 Å². The van der Waals surface area contributed by atoms with E-state index in [0.717, 1.165) is 27.8 Å². The van der Waals surface area contributed by atoms with Crippen molar-refractivity contribution in [3.05, 3.63) is 65.0 Å². The van der Waals surface area contributed by atoms with Gasteiger partial charge in [0.05, 0.1) is 21.8 Å². The van der Waals surface area contributed by atoms with Crippen LogP contribution in [0.25, 0.3) is 33.5 Å². The molecule has 7 heteroatoms. The molecule has 4 aromatic rings. The number of hydrogen-bond donors (Lipinski definition) is 1. The van der Waals surface area contributed by atoms with E-state index in [4.69, 9.17) is 23.2 Å². The van der Waals surface area contributed by atoms with Crippen LogP contribution in [0.15, 0.2) is 55.0 Å². The summed E-state index contributed by atoms with van der Waals surface area (Å²) >= 11 is 12.2. The predicted octanol–water partition coefficient (Wildman–Crippen LogP) is 5.10. The van der Waals surface area contributed by atoms with Crippen LogP contribution in [0.3, 0.4) is 0 Å². The zero-order chi connectivity index (χ0) is 18.1. The topological polar surface area (TPSA) is 63.6 Å². The summed E-state index contributed by atoms with van der Waals surface area (Å²) in [6, 6.07) is 11.5. The first kappa shape index (κ1) is 16.7. The van der Waals surface area contributed by atoms with Crippen molar-refractivity contribution in [3.8, 4) is 22.6 Å². The molecule has 0 amide bonds. The summed E-state index contributed by atoms with van der Waals surface area (Å²) in [5.41, 5.74) is 3.37. The van der Waals surface area contributed by atoms with Crippen LogP contribution in [0.2, 0.25) is 10.0 Å². The number of benzene rings is 2. The molecular formula is C19H13Cl2N5. The van der Waals surface area contributed by atoms with Gasteiger partial charge in [0.1, 0.15) is 11.5 Å². The first-order chi connectivity index (χ1) is 12.7. The lowest BCUT2D eigenvalue weighted by atomic mass is 10.0. The summed E-state index contributed by atoms with van der Waals surface area (Å²) in [6.07, 6.45) is 4.88. The number of nitrogens with one attached hydrogen (secondary N) is 1. The molecule has 26 heavy (non-hydrogen) atoms. The number of hydrogen-bond acceptors (Lipinski definition) is 5. The van der Waals surface area contributed by atoms with Crippen molar-refractivity contribution < 1.29 is 0 Å². The van der Waals surface area contributed by atoms with Gasteiger partial charge in [-0.25, -0.2) is 15.0 Å². The van der Waals surface area contributed by atoms with Gasteiger partial charge < -0.3 is 5.32 Å². The lowest BCUT2D eigenvalue weighted by Crippen LogP contribution is -2.00. The minimum atomic E-state index is 0.515. The van der Waals surface area contributed by atoms with E-state index in [0.29, 0.717) is 21.6 Å². The highest BCUT2D eigenvalue weighted by Crippen LogP contribution is 2.31. The van der Waals surface area contributed by atoms with Crippen LogP contribution in [0.1, 0.15) is 0 Å². The third-order valence-electron chi connectivity index (χ3n) is 3.98. The first-order valence-electron chi connectivity index (χ1n) is 7.87. The smallest absolute Gasteiger partial charge is 0.182 e. The molecule has 0 aliphatic heterocycles. The van der Waals surface area contributed by atoms with Crippen LogP contribution >= 0.6 is 23.2 Å². The second-order valence-electron chi connectivity index (χ2n) is 5.60. The summed E-state index contributed by atoms with van der Waals surface area (Å²) < 4.78 is 0. The second kappa shape index (κ2) is 6.86. The molecule has 0 aliphatic rings. The minimum absolute atomic E-state index is 0.515. The number of anilines is 1. The Morgan fingerprint density at radius 2 is 1.69 bits per heavy atom. The fourth-order valence-electron chi connectivity index (χ4n) is 2.70. The molecule has 2 aromatic carbocycles. The maximum Gasteiger partial charge on any atom is 0.182 e. The molecule has 2 aromatic heterocycles. The zero-order valence-electron chi connectivity index (χ0n) is 13.7. The molecule has 4 rings (SSSR count). The van der Waals surface area contributed by atoms with Crippen LogP contribution in [0.5, 0.6) is 0 Å². The molecular weight excluding hydrogens is 369 g/mol. The fourth-order valence-corrected chi connectivity index (χ4v) is 3.00. The molecule has 5 nitrogen and oxygen atoms in total. The van der Waals surface area contributed by atoms with Crippen molar-refractivity contribution >= 4 is 39.9 Å². The maximum absolute atomic E-state index is 6.15. The standard InChI is InChI=1S/C19H13Cl2N5/c1-22-18-13-4-2-12(11-3-5-14(20)15(21)8-11)9-16(13)25-19(26-18)17-10-23-6-7-24-17/h2-10H,1H3,(H,22,25,26). The Hall–Kier alpha value is -2.76. The van der Waals surface area contributed by atoms with Gasteiger partial charge in [0, 0.05) is 24.8 Å². The van der Waals surface area contributed by atoms with Crippen molar-refractivity contribution in [1.29, 1.82) is 0 Å². The molecule has 0 atom stereocenters. The lowest BCUT2D eigenvalue weighted by molar-refractivity contribution is 1.13. The maximum atomic E-state index is 6.15. The highest BCUT2D eigenvalue weighted by atomic mass is 35.5. The zero-order valence-corrected chi connectivity index (χ0v) is 15.3. The van der Waals surface area contributed by atoms with E-state index in [1.165, 1.54) is 0 Å². The van der Waals surface area contributed by atoms with Crippen LogP contribution in [0, 0.1) is 0 Å². The Morgan fingerprint density at radius 1 is 0.885 bits per heavy atom. The Morgan fingerprint density at radius 3 is 2.42 bits per heavy atom. The van der Waals surface area contributed by atoms with E-state index in [1.807, 2.05) is 37.4 Å². The van der Waals surface area contributed by atoms with Gasteiger partial charge in [0.2, 0.25) is 0 Å². The molecule has 0 fully saturated rings. The monoisotopic (exact) mass is 381 g/mol. The molecule has 0 saturated heterocycles. The van der Waals surface area contributed by atoms with Crippen molar-refractivity contribution in [3.63, 3.8) is 0 Å². The highest BCUT2D eigenvalue weighted by Gasteiger charge is 2.11. The predicted molar refractivity (Wildman–Crippen MR) is 106 cm³/mol. The third-order valence-corrected chi connectivity index (χ3v) is 4.72. The van der Waals surface area contributed by atoms with Gasteiger partial charge in [0.25, 0.3) is 0 Å². The first-order valence-corrected chi connectivity index (χ1v) is 8.62. The molecule has 0 aliphatic carbocycles. The summed E-state index contributed by atoms with van der Waals surface area (Å²) in [5.74, 6) is 1.25. The fraction of sp³-hybridized carbons (Fsp3) is 0.0526. The van der Waals surface area contributed by atoms with Gasteiger partial charge in [-0.1, -0.05) is 35.3 Å². The number of halogens is 2. The van der Waals surface area contributed by atoms with Gasteiger partial charge in [0.15, 0.2) is 5.82 Å². The third kappa shape index (κ3) is 3.07. The Kier molecular flexibility index (Phi) is 4.41. The number of fused-ring (bicyclic) bond motifs is 1. The lowest BCUT2D eigenvalue weighted by Gasteiger charge is -2.10. The van der Waals surface area contributed by atoms with Crippen LogP contribution in [0.4, 0.5) is 5.82 Å². The van der Waals surface area contributed by atoms with Gasteiger partial charge in [-0.05, 0) is 35.4 Å². The highest BCUT2D eigenvalue weighted by molar-refractivity contribution is 6.42. The summed E-state index contributed by atoms with van der Waals surface area (Å²) in [6.45, 7) is 0. The van der Waals surface area contributed by atoms with Crippen molar-refractivity contribution in [2.45, 2.75) is 0 Å². The molecule has 1 N–H and O–H groups in total. The average Bonchev–Trinajstić information content (AvgIpc) is 2.69. The molecule has 128 valence electrons. The second-order valence-corrected chi connectivity index (χ2v) is 6.41. The molecule has 0 unspecified atom stereocenters. The van der Waals surface area contributed by atoms with E-state index in [1.54, 1.807) is 24.7 Å². The number of nitrogens with zero attached hydrogens (tertiary/aromatic N) is 4. The normalized spacial score (nSPS) is 10.9. The molecule has 0 saturated carbocycles. The molecule has 0 bridgehead atoms. The molecule has 2 heterocycles. The van der Waals surface area contributed by atoms with Gasteiger partial charge >= 0.3 is 0 Å². The van der Waals surface area contributed by atoms with E-state index in [9.17, 15) is 0 Å². The van der Waals surface area contributed by atoms with Gasteiger partial charge in [-0.3, -0.25) is 4.98 Å². The summed E-state index contributed by atoms with van der Waals surface area (Å²) in [4.78, 5) is 17.6. The van der Waals surface area contributed by atoms with Crippen LogP contribution in [-0.2, 0) is 0 Å². The SMILES string of the molecule is CNc1nc(-c2cnccn2)nc2cc(-c3ccc(Cl)c(Cl)c3)ccc12. The van der Waals surface area contributed by atoms with Gasteiger partial charge in [-0.2, -0.15) is 0 Å². The van der Waals surface area contributed by atoms with E-state index in [-0.39, 0.29) is 0 Å². The number of aromatic nitrogens is 4. The average molecular weight is 382 g/mol. The van der Waals surface area contributed by atoms with E-state index >= 15 is 0 Å². The van der Waals surface area contributed by atoms with E-state index < -0.39 is 0 Å². The van der Waals surface area contributed by atoms with Gasteiger partial charge in [-0.15, -0.1) is 0 Å². The molecule has 0 spiro atoms. The number of rotatable bonds is 3. The molecule has 0 radical (unpaired) electrons. The Balaban J connectivity index is 1.90. The van der Waals surface area contributed by atoms with Crippen LogP contribution in [-0.4, -0.2) is 27.0 Å². The Bertz CT molecular complexity index is 1100. The van der Waals surface area contributed by atoms with Crippen molar-refractivity contribution in [1.82, 2.24) is 19.9 Å². The van der Waals surface area contributed by atoms with E-state index in [2.05, 4.69) is 25.3 Å². The summed E-state index contributed by atoms with van der Waals surface area (Å²) in [7, 11) is 1.83. The summed E-state index contributed by atoms with van der Waals surface area (Å²) in [5, 5.41) is 5.08. The quantitative estimate of drug-likeness (QED) is 0.534. The van der Waals surface area contributed by atoms with Crippen molar-refractivity contribution in [2.75, 3.05) is 12.4 Å². The minimum Gasteiger partial charge on any atom is -0.373 e. The van der Waals surface area contributed by atoms with Crippen LogP contribution < -0.4 is 5.32 Å². The largest absolute Gasteiger partial charge is 0.373 e. The van der Waals surface area contributed by atoms with Crippen molar-refractivity contribution in [2.24, 2.45) is 0 Å².